The average molecular weight is 627 g/mol. The molecule has 3 aromatic carbocycles. The summed E-state index contributed by atoms with van der Waals surface area (Å²) in [4.78, 5) is 0. The van der Waals surface area contributed by atoms with Gasteiger partial charge in [0.2, 0.25) is 0 Å². The molecule has 0 amide bonds. The molecule has 4 aliphatic carbocycles. The van der Waals surface area contributed by atoms with Crippen molar-refractivity contribution in [3.05, 3.63) is 98.7 Å². The summed E-state index contributed by atoms with van der Waals surface area (Å²) in [7, 11) is -1.45. The Morgan fingerprint density at radius 3 is 2.18 bits per heavy atom. The molecule has 0 radical (unpaired) electrons. The molecule has 6 atom stereocenters. The van der Waals surface area contributed by atoms with Crippen molar-refractivity contribution in [1.82, 2.24) is 0 Å². The van der Waals surface area contributed by atoms with Crippen LogP contribution in [-0.4, -0.2) is 30.5 Å². The molecule has 3 aromatic rings. The van der Waals surface area contributed by atoms with E-state index in [4.69, 9.17) is 11.6 Å². The van der Waals surface area contributed by atoms with Crippen LogP contribution in [0, 0.1) is 30.6 Å². The second-order valence-corrected chi connectivity index (χ2v) is 21.8. The normalized spacial score (nSPS) is 31.4. The number of benzene rings is 3. The smallest absolute Gasteiger partial charge is 0.0732 e. The second-order valence-electron chi connectivity index (χ2n) is 16.3. The van der Waals surface area contributed by atoms with Crippen LogP contribution in [0.2, 0.25) is 24.7 Å². The summed E-state index contributed by atoms with van der Waals surface area (Å²) in [5.74, 6) is 0.881. The standard InChI is InChI=1S/C21H30OSi.C19H21ClO/c1-14-8-7-9-16(10-14)20-15(2)18-11-17(22)12-21(18,3)13-19(20)23(4,5)6;1-11-3-4-14-15(7-11)13-5-6-19(2)10-12(21)8-17(19)16(13)9-18(14)20/h7-10,17-18,22H,2,11-13H2,1,3-6H3;3-4,7,9,12,17,21H,5-6,8,10H2,1-2H3/t17-,18+,21+;12-,17+,19-/m00/s1. The van der Waals surface area contributed by atoms with Crippen molar-refractivity contribution in [3.8, 4) is 0 Å². The molecular weight excluding hydrogens is 576 g/mol. The maximum absolute atomic E-state index is 10.3. The van der Waals surface area contributed by atoms with Crippen molar-refractivity contribution >= 4 is 36.0 Å². The van der Waals surface area contributed by atoms with Crippen molar-refractivity contribution in [1.29, 1.82) is 0 Å². The van der Waals surface area contributed by atoms with Crippen molar-refractivity contribution in [2.24, 2.45) is 16.7 Å². The predicted molar refractivity (Wildman–Crippen MR) is 190 cm³/mol. The van der Waals surface area contributed by atoms with E-state index in [9.17, 15) is 10.2 Å². The lowest BCUT2D eigenvalue weighted by Crippen LogP contribution is -2.37. The number of hydrogen-bond donors (Lipinski definition) is 2. The average Bonchev–Trinajstić information content (AvgIpc) is 3.42. The van der Waals surface area contributed by atoms with Gasteiger partial charge in [0, 0.05) is 10.4 Å². The van der Waals surface area contributed by atoms with E-state index in [1.165, 1.54) is 56.2 Å². The van der Waals surface area contributed by atoms with Crippen LogP contribution in [0.25, 0.3) is 16.3 Å². The van der Waals surface area contributed by atoms with E-state index in [-0.39, 0.29) is 23.0 Å². The molecule has 0 saturated heterocycles. The molecule has 4 heteroatoms. The molecule has 0 bridgehead atoms. The van der Waals surface area contributed by atoms with Gasteiger partial charge in [-0.3, -0.25) is 0 Å². The summed E-state index contributed by atoms with van der Waals surface area (Å²) in [6.45, 7) is 20.9. The third-order valence-corrected chi connectivity index (χ3v) is 14.2. The highest BCUT2D eigenvalue weighted by Gasteiger charge is 2.50. The molecule has 2 fully saturated rings. The van der Waals surface area contributed by atoms with Gasteiger partial charge in [0.05, 0.1) is 20.3 Å². The highest BCUT2D eigenvalue weighted by molar-refractivity contribution is 6.84. The zero-order chi connectivity index (χ0) is 31.8. The van der Waals surface area contributed by atoms with E-state index in [1.54, 1.807) is 5.20 Å². The monoisotopic (exact) mass is 626 g/mol. The molecule has 2 saturated carbocycles. The third-order valence-electron chi connectivity index (χ3n) is 11.6. The molecule has 4 aliphatic rings. The molecule has 2 nitrogen and oxygen atoms in total. The molecule has 0 unspecified atom stereocenters. The molecule has 7 rings (SSSR count). The maximum Gasteiger partial charge on any atom is 0.0732 e. The third kappa shape index (κ3) is 5.57. The number of rotatable bonds is 2. The fraction of sp³-hybridized carbons (Fsp3) is 0.500. The van der Waals surface area contributed by atoms with E-state index in [1.807, 2.05) is 0 Å². The minimum atomic E-state index is -1.45. The minimum Gasteiger partial charge on any atom is -0.393 e. The highest BCUT2D eigenvalue weighted by Crippen LogP contribution is 2.59. The first-order valence-corrected chi connectivity index (χ1v) is 20.5. The Morgan fingerprint density at radius 1 is 0.841 bits per heavy atom. The van der Waals surface area contributed by atoms with Crippen molar-refractivity contribution < 1.29 is 10.2 Å². The summed E-state index contributed by atoms with van der Waals surface area (Å²) in [5.41, 5.74) is 9.91. The number of hydrogen-bond acceptors (Lipinski definition) is 2. The van der Waals surface area contributed by atoms with Crippen LogP contribution in [0.5, 0.6) is 0 Å². The molecule has 0 aromatic heterocycles. The van der Waals surface area contributed by atoms with Gasteiger partial charge in [-0.25, -0.2) is 0 Å². The largest absolute Gasteiger partial charge is 0.393 e. The van der Waals surface area contributed by atoms with Crippen LogP contribution < -0.4 is 0 Å². The lowest BCUT2D eigenvalue weighted by atomic mass is 9.66. The first-order chi connectivity index (χ1) is 20.6. The number of halogens is 1. The Morgan fingerprint density at radius 2 is 1.50 bits per heavy atom. The second kappa shape index (κ2) is 11.3. The summed E-state index contributed by atoms with van der Waals surface area (Å²) >= 11 is 6.56. The van der Waals surface area contributed by atoms with Crippen LogP contribution in [-0.2, 0) is 6.42 Å². The molecule has 0 heterocycles. The first-order valence-electron chi connectivity index (χ1n) is 16.7. The molecule has 2 N–H and O–H groups in total. The maximum atomic E-state index is 10.3. The van der Waals surface area contributed by atoms with Gasteiger partial charge >= 0.3 is 0 Å². The van der Waals surface area contributed by atoms with Gasteiger partial charge in [0.25, 0.3) is 0 Å². The summed E-state index contributed by atoms with van der Waals surface area (Å²) < 4.78 is 0. The number of aliphatic hydroxyl groups excluding tert-OH is 2. The molecule has 0 spiro atoms. The van der Waals surface area contributed by atoms with Crippen molar-refractivity contribution in [2.75, 3.05) is 0 Å². The topological polar surface area (TPSA) is 40.5 Å². The quantitative estimate of drug-likeness (QED) is 0.278. The summed E-state index contributed by atoms with van der Waals surface area (Å²) in [6, 6.07) is 17.6. The lowest BCUT2D eigenvalue weighted by Gasteiger charge is -2.44. The van der Waals surface area contributed by atoms with Crippen LogP contribution in [0.1, 0.15) is 86.1 Å². The SMILES string of the molecule is C=C1C(c2cccc(C)c2)=C([Si](C)(C)C)C[C@@]2(C)C[C@@H](O)C[C@H]12.Cc1ccc2c(Cl)cc3c(c2c1)CC[C@@]1(C)C[C@@H](O)C[C@H]31. The van der Waals surface area contributed by atoms with Gasteiger partial charge in [-0.1, -0.05) is 110 Å². The number of aryl methyl sites for hydroxylation is 3. The van der Waals surface area contributed by atoms with E-state index < -0.39 is 8.07 Å². The zero-order valence-electron chi connectivity index (χ0n) is 27.9. The zero-order valence-corrected chi connectivity index (χ0v) is 29.6. The Balaban J connectivity index is 0.000000156. The predicted octanol–water partition coefficient (Wildman–Crippen LogP) is 10.4. The van der Waals surface area contributed by atoms with Gasteiger partial charge in [0.15, 0.2) is 0 Å². The fourth-order valence-corrected chi connectivity index (χ4v) is 11.7. The molecule has 44 heavy (non-hydrogen) atoms. The number of aliphatic hydroxyl groups is 2. The lowest BCUT2D eigenvalue weighted by molar-refractivity contribution is 0.159. The van der Waals surface area contributed by atoms with Crippen LogP contribution in [0.15, 0.2) is 65.9 Å². The molecule has 234 valence electrons. The van der Waals surface area contributed by atoms with Crippen LogP contribution >= 0.6 is 11.6 Å². The van der Waals surface area contributed by atoms with Crippen LogP contribution in [0.3, 0.4) is 0 Å². The Labute approximate surface area is 271 Å². The Hall–Kier alpha value is -2.17. The van der Waals surface area contributed by atoms with Gasteiger partial charge in [-0.15, -0.1) is 0 Å². The first kappa shape index (κ1) is 31.8. The fourth-order valence-electron chi connectivity index (χ4n) is 9.41. The Kier molecular flexibility index (Phi) is 8.14. The van der Waals surface area contributed by atoms with E-state index in [2.05, 4.69) is 102 Å². The van der Waals surface area contributed by atoms with Crippen LogP contribution in [0.4, 0.5) is 0 Å². The number of allylic oxidation sites excluding steroid dienone is 3. The van der Waals surface area contributed by atoms with E-state index in [0.717, 1.165) is 43.5 Å². The Bertz CT molecular complexity index is 1660. The highest BCUT2D eigenvalue weighted by atomic mass is 35.5. The van der Waals surface area contributed by atoms with Gasteiger partial charge in [0.1, 0.15) is 0 Å². The number of fused-ring (bicyclic) bond motifs is 6. The summed E-state index contributed by atoms with van der Waals surface area (Å²) in [5, 5.41) is 25.4. The molecular formula is C40H51ClO2Si. The van der Waals surface area contributed by atoms with E-state index >= 15 is 0 Å². The minimum absolute atomic E-state index is 0.155. The van der Waals surface area contributed by atoms with E-state index in [0.29, 0.717) is 11.8 Å². The van der Waals surface area contributed by atoms with Gasteiger partial charge < -0.3 is 10.2 Å². The summed E-state index contributed by atoms with van der Waals surface area (Å²) in [6.07, 6.45) is 6.71. The molecule has 0 aliphatic heterocycles. The van der Waals surface area contributed by atoms with Crippen molar-refractivity contribution in [2.45, 2.75) is 110 Å². The van der Waals surface area contributed by atoms with Gasteiger partial charge in [-0.2, -0.15) is 0 Å². The van der Waals surface area contributed by atoms with Crippen molar-refractivity contribution in [3.63, 3.8) is 0 Å². The van der Waals surface area contributed by atoms with Gasteiger partial charge in [-0.05, 0) is 121 Å².